The summed E-state index contributed by atoms with van der Waals surface area (Å²) < 4.78 is 12.7. The minimum absolute atomic E-state index is 0.0315. The van der Waals surface area contributed by atoms with Crippen LogP contribution in [-0.2, 0) is 0 Å². The van der Waals surface area contributed by atoms with Crippen molar-refractivity contribution in [2.24, 2.45) is 0 Å². The van der Waals surface area contributed by atoms with E-state index in [1.54, 1.807) is 6.92 Å². The second-order valence-electron chi connectivity index (χ2n) is 2.15. The first kappa shape index (κ1) is 8.03. The highest BCUT2D eigenvalue weighted by Gasteiger charge is 2.05. The van der Waals surface area contributed by atoms with Gasteiger partial charge in [0.2, 0.25) is 0 Å². The zero-order valence-electron chi connectivity index (χ0n) is 5.86. The van der Waals surface area contributed by atoms with E-state index in [-0.39, 0.29) is 5.02 Å². The van der Waals surface area contributed by atoms with Gasteiger partial charge in [-0.05, 0) is 24.6 Å². The maximum absolute atomic E-state index is 12.7. The van der Waals surface area contributed by atoms with Crippen LogP contribution in [0.3, 0.4) is 0 Å². The van der Waals surface area contributed by atoms with Crippen LogP contribution >= 0.6 is 11.6 Å². The van der Waals surface area contributed by atoms with Crippen LogP contribution in [0.5, 0.6) is 0 Å². The quantitative estimate of drug-likeness (QED) is 0.586. The predicted molar refractivity (Wildman–Crippen MR) is 40.9 cm³/mol. The van der Waals surface area contributed by atoms with Gasteiger partial charge in [0.05, 0.1) is 16.7 Å². The summed E-state index contributed by atoms with van der Waals surface area (Å²) in [4.78, 5) is 0. The van der Waals surface area contributed by atoms with E-state index in [1.165, 1.54) is 12.1 Å². The van der Waals surface area contributed by atoms with Crippen LogP contribution in [0.4, 0.5) is 4.39 Å². The Morgan fingerprint density at radius 2 is 2.18 bits per heavy atom. The van der Waals surface area contributed by atoms with Crippen LogP contribution in [0.25, 0.3) is 0 Å². The molecule has 0 atom stereocenters. The van der Waals surface area contributed by atoms with E-state index in [9.17, 15) is 4.39 Å². The lowest BCUT2D eigenvalue weighted by atomic mass is 10.1. The molecule has 0 N–H and O–H groups in total. The van der Waals surface area contributed by atoms with Crippen LogP contribution in [0.15, 0.2) is 12.1 Å². The molecule has 3 heteroatoms. The van der Waals surface area contributed by atoms with Crippen molar-refractivity contribution in [3.63, 3.8) is 0 Å². The number of rotatable bonds is 0. The highest BCUT2D eigenvalue weighted by atomic mass is 35.5. The van der Waals surface area contributed by atoms with Crippen molar-refractivity contribution in [3.8, 4) is 6.07 Å². The molecule has 0 saturated heterocycles. The molecule has 0 aliphatic heterocycles. The van der Waals surface area contributed by atoms with Gasteiger partial charge in [-0.1, -0.05) is 11.6 Å². The van der Waals surface area contributed by atoms with Crippen LogP contribution in [-0.4, -0.2) is 0 Å². The van der Waals surface area contributed by atoms with Crippen molar-refractivity contribution in [3.05, 3.63) is 34.1 Å². The summed E-state index contributed by atoms with van der Waals surface area (Å²) in [6.45, 7) is 1.62. The molecule has 1 rings (SSSR count). The largest absolute Gasteiger partial charge is 0.205 e. The van der Waals surface area contributed by atoms with Gasteiger partial charge in [-0.3, -0.25) is 0 Å². The minimum atomic E-state index is -0.483. The van der Waals surface area contributed by atoms with Crippen molar-refractivity contribution in [2.45, 2.75) is 6.92 Å². The number of benzene rings is 1. The summed E-state index contributed by atoms with van der Waals surface area (Å²) in [6.07, 6.45) is 0. The molecule has 0 spiro atoms. The zero-order chi connectivity index (χ0) is 8.43. The number of nitriles is 1. The lowest BCUT2D eigenvalue weighted by molar-refractivity contribution is 0.627. The summed E-state index contributed by atoms with van der Waals surface area (Å²) in [6, 6.07) is 4.51. The molecular formula is C8H5ClFN. The first-order valence-electron chi connectivity index (χ1n) is 3.01. The van der Waals surface area contributed by atoms with E-state index in [0.717, 1.165) is 0 Å². The molecule has 1 aromatic rings. The monoisotopic (exact) mass is 169 g/mol. The highest BCUT2D eigenvalue weighted by Crippen LogP contribution is 2.21. The van der Waals surface area contributed by atoms with Gasteiger partial charge in [0.25, 0.3) is 0 Å². The fourth-order valence-corrected chi connectivity index (χ4v) is 0.938. The van der Waals surface area contributed by atoms with Crippen molar-refractivity contribution >= 4 is 11.6 Å². The number of halogens is 2. The zero-order valence-corrected chi connectivity index (χ0v) is 6.61. The molecule has 0 aromatic heterocycles. The molecule has 0 unspecified atom stereocenters. The van der Waals surface area contributed by atoms with Gasteiger partial charge in [0.15, 0.2) is 0 Å². The van der Waals surface area contributed by atoms with E-state index in [2.05, 4.69) is 0 Å². The minimum Gasteiger partial charge on any atom is -0.205 e. The predicted octanol–water partition coefficient (Wildman–Crippen LogP) is 2.66. The van der Waals surface area contributed by atoms with Crippen LogP contribution in [0.2, 0.25) is 5.02 Å². The summed E-state index contributed by atoms with van der Waals surface area (Å²) in [7, 11) is 0. The van der Waals surface area contributed by atoms with Crippen molar-refractivity contribution in [2.75, 3.05) is 0 Å². The first-order chi connectivity index (χ1) is 5.16. The molecule has 0 aliphatic carbocycles. The molecule has 0 fully saturated rings. The molecule has 1 aromatic carbocycles. The van der Waals surface area contributed by atoms with Crippen molar-refractivity contribution in [1.29, 1.82) is 5.26 Å². The maximum Gasteiger partial charge on any atom is 0.142 e. The maximum atomic E-state index is 12.7. The topological polar surface area (TPSA) is 23.8 Å². The molecule has 11 heavy (non-hydrogen) atoms. The number of hydrogen-bond donors (Lipinski definition) is 0. The van der Waals surface area contributed by atoms with Gasteiger partial charge in [0.1, 0.15) is 5.82 Å². The lowest BCUT2D eigenvalue weighted by Crippen LogP contribution is -1.86. The second-order valence-corrected chi connectivity index (χ2v) is 2.52. The van der Waals surface area contributed by atoms with Crippen molar-refractivity contribution < 1.29 is 4.39 Å². The third-order valence-electron chi connectivity index (χ3n) is 1.46. The molecule has 0 heterocycles. The van der Waals surface area contributed by atoms with Crippen LogP contribution in [0.1, 0.15) is 11.1 Å². The molecule has 0 aliphatic rings. The number of hydrogen-bond acceptors (Lipinski definition) is 1. The van der Waals surface area contributed by atoms with Gasteiger partial charge in [-0.2, -0.15) is 5.26 Å². The smallest absolute Gasteiger partial charge is 0.142 e. The van der Waals surface area contributed by atoms with Gasteiger partial charge in [-0.25, -0.2) is 4.39 Å². The molecular weight excluding hydrogens is 165 g/mol. The average Bonchev–Trinajstić information content (AvgIpc) is 2.01. The molecule has 0 radical (unpaired) electrons. The van der Waals surface area contributed by atoms with E-state index in [1.807, 2.05) is 6.07 Å². The molecule has 56 valence electrons. The standard InChI is InChI=1S/C8H5ClFN/c1-5-6(4-11)2-3-7(10)8(5)9/h2-3H,1H3. The van der Waals surface area contributed by atoms with E-state index < -0.39 is 5.82 Å². The van der Waals surface area contributed by atoms with Crippen LogP contribution in [0, 0.1) is 24.1 Å². The highest BCUT2D eigenvalue weighted by molar-refractivity contribution is 6.31. The Morgan fingerprint density at radius 3 is 2.73 bits per heavy atom. The fourth-order valence-electron chi connectivity index (χ4n) is 0.773. The van der Waals surface area contributed by atoms with Gasteiger partial charge < -0.3 is 0 Å². The second kappa shape index (κ2) is 2.89. The van der Waals surface area contributed by atoms with Crippen molar-refractivity contribution in [1.82, 2.24) is 0 Å². The van der Waals surface area contributed by atoms with E-state index in [0.29, 0.717) is 11.1 Å². The Balaban J connectivity index is 3.40. The summed E-state index contributed by atoms with van der Waals surface area (Å²) >= 11 is 5.54. The molecule has 1 nitrogen and oxygen atoms in total. The molecule has 0 bridgehead atoms. The van der Waals surface area contributed by atoms with Gasteiger partial charge in [0, 0.05) is 0 Å². The lowest BCUT2D eigenvalue weighted by Gasteiger charge is -1.99. The summed E-state index contributed by atoms with van der Waals surface area (Å²) in [5.41, 5.74) is 0.908. The Morgan fingerprint density at radius 1 is 1.55 bits per heavy atom. The third-order valence-corrected chi connectivity index (χ3v) is 1.92. The Labute approximate surface area is 69.0 Å². The SMILES string of the molecule is Cc1c(C#N)ccc(F)c1Cl. The summed E-state index contributed by atoms with van der Waals surface area (Å²) in [5, 5.41) is 8.53. The number of nitrogens with zero attached hydrogens (tertiary/aromatic N) is 1. The van der Waals surface area contributed by atoms with E-state index >= 15 is 0 Å². The molecule has 0 saturated carbocycles. The van der Waals surface area contributed by atoms with Gasteiger partial charge in [-0.15, -0.1) is 0 Å². The van der Waals surface area contributed by atoms with E-state index in [4.69, 9.17) is 16.9 Å². The normalized spacial score (nSPS) is 9.27. The third kappa shape index (κ3) is 1.33. The van der Waals surface area contributed by atoms with Crippen LogP contribution < -0.4 is 0 Å². The Hall–Kier alpha value is -1.07. The Kier molecular flexibility index (Phi) is 2.11. The summed E-state index contributed by atoms with van der Waals surface area (Å²) in [5.74, 6) is -0.483. The fraction of sp³-hybridized carbons (Fsp3) is 0.125. The Bertz CT molecular complexity index is 328. The average molecular weight is 170 g/mol. The first-order valence-corrected chi connectivity index (χ1v) is 3.39. The molecule has 0 amide bonds. The van der Waals surface area contributed by atoms with Gasteiger partial charge >= 0.3 is 0 Å².